The molecule has 0 radical (unpaired) electrons. The molecule has 1 saturated heterocycles. The van der Waals surface area contributed by atoms with Crippen LogP contribution in [0, 0.1) is 6.92 Å². The summed E-state index contributed by atoms with van der Waals surface area (Å²) < 4.78 is 6.09. The Morgan fingerprint density at radius 2 is 1.44 bits per heavy atom. The maximum atomic E-state index is 12.0. The molecular weight excluding hydrogens is 442 g/mol. The molecule has 0 saturated carbocycles. The highest BCUT2D eigenvalue weighted by atomic mass is 35.5. The molecule has 4 heteroatoms. The molecule has 0 aliphatic carbocycles. The van der Waals surface area contributed by atoms with Crippen molar-refractivity contribution in [1.82, 2.24) is 4.90 Å². The third kappa shape index (κ3) is 5.83. The Hall–Kier alpha value is -2.33. The lowest BCUT2D eigenvalue weighted by Crippen LogP contribution is -2.45. The standard InChI is InChI=1S/C30H36ClNO2/c1-22-7-11-26(12-8-22)30(33,21-25-9-15-28(31)16-10-25)27-13-17-29(18-14-27)34-20-19-32-23(2)5-4-6-24(32)3/h7-18,23-24,33H,4-6,19-21H2,1-3H3. The van der Waals surface area contributed by atoms with Gasteiger partial charge in [0.05, 0.1) is 0 Å². The number of benzene rings is 3. The van der Waals surface area contributed by atoms with E-state index in [0.29, 0.717) is 30.1 Å². The summed E-state index contributed by atoms with van der Waals surface area (Å²) >= 11 is 6.08. The SMILES string of the molecule is Cc1ccc(C(O)(Cc2ccc(Cl)cc2)c2ccc(OCCN3C(C)CCCC3C)cc2)cc1. The van der Waals surface area contributed by atoms with Gasteiger partial charge in [0.2, 0.25) is 0 Å². The van der Waals surface area contributed by atoms with Gasteiger partial charge in [0.1, 0.15) is 18.0 Å². The van der Waals surface area contributed by atoms with Gasteiger partial charge in [-0.15, -0.1) is 0 Å². The van der Waals surface area contributed by atoms with Crippen LogP contribution in [0.3, 0.4) is 0 Å². The molecule has 34 heavy (non-hydrogen) atoms. The molecule has 3 atom stereocenters. The van der Waals surface area contributed by atoms with Crippen LogP contribution in [0.4, 0.5) is 0 Å². The van der Waals surface area contributed by atoms with Crippen molar-refractivity contribution in [2.45, 2.75) is 64.1 Å². The second-order valence-corrected chi connectivity index (χ2v) is 10.2. The minimum absolute atomic E-state index is 0.457. The molecule has 1 heterocycles. The Kier molecular flexibility index (Phi) is 7.98. The Balaban J connectivity index is 1.50. The van der Waals surface area contributed by atoms with Gasteiger partial charge in [-0.05, 0) is 74.6 Å². The van der Waals surface area contributed by atoms with E-state index in [1.165, 1.54) is 24.8 Å². The van der Waals surface area contributed by atoms with Crippen molar-refractivity contribution in [3.05, 3.63) is 100 Å². The number of aliphatic hydroxyl groups is 1. The summed E-state index contributed by atoms with van der Waals surface area (Å²) in [6.45, 7) is 8.29. The Morgan fingerprint density at radius 3 is 2.03 bits per heavy atom. The number of likely N-dealkylation sites (tertiary alicyclic amines) is 1. The third-order valence-electron chi connectivity index (χ3n) is 7.23. The molecule has 0 amide bonds. The molecule has 0 bridgehead atoms. The molecule has 0 spiro atoms. The summed E-state index contributed by atoms with van der Waals surface area (Å²) in [6, 6.07) is 24.9. The highest BCUT2D eigenvalue weighted by Gasteiger charge is 2.32. The van der Waals surface area contributed by atoms with E-state index < -0.39 is 5.60 Å². The minimum Gasteiger partial charge on any atom is -0.492 e. The molecule has 3 unspecified atom stereocenters. The zero-order valence-corrected chi connectivity index (χ0v) is 21.3. The first-order valence-corrected chi connectivity index (χ1v) is 12.8. The zero-order valence-electron chi connectivity index (χ0n) is 20.5. The van der Waals surface area contributed by atoms with Gasteiger partial charge in [-0.3, -0.25) is 4.90 Å². The summed E-state index contributed by atoms with van der Waals surface area (Å²) in [4.78, 5) is 2.56. The number of piperidine rings is 1. The lowest BCUT2D eigenvalue weighted by molar-refractivity contribution is 0.0805. The molecule has 1 fully saturated rings. The van der Waals surface area contributed by atoms with E-state index in [1.807, 2.05) is 72.8 Å². The molecule has 3 nitrogen and oxygen atoms in total. The summed E-state index contributed by atoms with van der Waals surface area (Å²) in [6.07, 6.45) is 4.31. The lowest BCUT2D eigenvalue weighted by Gasteiger charge is -2.38. The molecule has 1 aliphatic heterocycles. The fourth-order valence-electron chi connectivity index (χ4n) is 5.11. The van der Waals surface area contributed by atoms with Crippen molar-refractivity contribution in [2.24, 2.45) is 0 Å². The molecule has 180 valence electrons. The van der Waals surface area contributed by atoms with Gasteiger partial charge < -0.3 is 9.84 Å². The first kappa shape index (κ1) is 24.8. The number of hydrogen-bond donors (Lipinski definition) is 1. The Morgan fingerprint density at radius 1 is 0.882 bits per heavy atom. The largest absolute Gasteiger partial charge is 0.492 e. The van der Waals surface area contributed by atoms with Crippen LogP contribution < -0.4 is 4.74 Å². The predicted molar refractivity (Wildman–Crippen MR) is 141 cm³/mol. The summed E-state index contributed by atoms with van der Waals surface area (Å²) in [5, 5.41) is 12.7. The van der Waals surface area contributed by atoms with E-state index in [2.05, 4.69) is 25.7 Å². The second-order valence-electron chi connectivity index (χ2n) is 9.77. The van der Waals surface area contributed by atoms with E-state index in [-0.39, 0.29) is 0 Å². The molecule has 4 rings (SSSR count). The van der Waals surface area contributed by atoms with Gasteiger partial charge in [0.25, 0.3) is 0 Å². The van der Waals surface area contributed by atoms with E-state index in [1.54, 1.807) is 0 Å². The van der Waals surface area contributed by atoms with Crippen LogP contribution in [0.25, 0.3) is 0 Å². The van der Waals surface area contributed by atoms with Crippen molar-refractivity contribution in [2.75, 3.05) is 13.2 Å². The van der Waals surface area contributed by atoms with Crippen molar-refractivity contribution < 1.29 is 9.84 Å². The number of aryl methyl sites for hydroxylation is 1. The van der Waals surface area contributed by atoms with Crippen LogP contribution in [-0.2, 0) is 12.0 Å². The monoisotopic (exact) mass is 477 g/mol. The highest BCUT2D eigenvalue weighted by molar-refractivity contribution is 6.30. The van der Waals surface area contributed by atoms with Gasteiger partial charge in [0.15, 0.2) is 0 Å². The van der Waals surface area contributed by atoms with Crippen molar-refractivity contribution in [3.8, 4) is 5.75 Å². The van der Waals surface area contributed by atoms with Crippen LogP contribution in [0.15, 0.2) is 72.8 Å². The number of nitrogens with zero attached hydrogens (tertiary/aromatic N) is 1. The average Bonchev–Trinajstić information content (AvgIpc) is 2.83. The highest BCUT2D eigenvalue weighted by Crippen LogP contribution is 2.35. The summed E-state index contributed by atoms with van der Waals surface area (Å²) in [5.74, 6) is 0.832. The van der Waals surface area contributed by atoms with Crippen LogP contribution in [0.1, 0.15) is 55.4 Å². The molecule has 1 aliphatic rings. The Labute approximate surface area is 209 Å². The van der Waals surface area contributed by atoms with Crippen molar-refractivity contribution >= 4 is 11.6 Å². The van der Waals surface area contributed by atoms with E-state index >= 15 is 0 Å². The normalized spacial score (nSPS) is 20.6. The van der Waals surface area contributed by atoms with Gasteiger partial charge in [-0.2, -0.15) is 0 Å². The molecule has 3 aromatic carbocycles. The minimum atomic E-state index is -1.15. The molecule has 1 N–H and O–H groups in total. The summed E-state index contributed by atoms with van der Waals surface area (Å²) in [7, 11) is 0. The number of rotatable bonds is 8. The van der Waals surface area contributed by atoms with Crippen LogP contribution in [-0.4, -0.2) is 35.2 Å². The van der Waals surface area contributed by atoms with E-state index in [0.717, 1.165) is 29.0 Å². The quantitative estimate of drug-likeness (QED) is 0.388. The second kappa shape index (κ2) is 10.9. The van der Waals surface area contributed by atoms with E-state index in [4.69, 9.17) is 16.3 Å². The molecule has 3 aromatic rings. The smallest absolute Gasteiger partial charge is 0.119 e. The van der Waals surface area contributed by atoms with Gasteiger partial charge in [0, 0.05) is 30.1 Å². The molecule has 0 aromatic heterocycles. The first-order valence-electron chi connectivity index (χ1n) is 12.4. The fraction of sp³-hybridized carbons (Fsp3) is 0.400. The van der Waals surface area contributed by atoms with Crippen molar-refractivity contribution in [3.63, 3.8) is 0 Å². The maximum Gasteiger partial charge on any atom is 0.119 e. The predicted octanol–water partition coefficient (Wildman–Crippen LogP) is 6.77. The number of ether oxygens (including phenoxy) is 1. The maximum absolute atomic E-state index is 12.0. The first-order chi connectivity index (χ1) is 16.3. The van der Waals surface area contributed by atoms with Gasteiger partial charge in [-0.25, -0.2) is 0 Å². The molecular formula is C30H36ClNO2. The Bertz CT molecular complexity index is 1040. The van der Waals surface area contributed by atoms with Crippen molar-refractivity contribution in [1.29, 1.82) is 0 Å². The van der Waals surface area contributed by atoms with Gasteiger partial charge in [-0.1, -0.05) is 72.1 Å². The lowest BCUT2D eigenvalue weighted by atomic mass is 9.81. The van der Waals surface area contributed by atoms with Crippen LogP contribution in [0.5, 0.6) is 5.75 Å². The zero-order chi connectivity index (χ0) is 24.1. The summed E-state index contributed by atoms with van der Waals surface area (Å²) in [5.41, 5.74) is 2.75. The average molecular weight is 478 g/mol. The van der Waals surface area contributed by atoms with Crippen LogP contribution in [0.2, 0.25) is 5.02 Å². The third-order valence-corrected chi connectivity index (χ3v) is 7.48. The van der Waals surface area contributed by atoms with Gasteiger partial charge >= 0.3 is 0 Å². The number of hydrogen-bond acceptors (Lipinski definition) is 3. The topological polar surface area (TPSA) is 32.7 Å². The number of halogens is 1. The fourth-order valence-corrected chi connectivity index (χ4v) is 5.24. The van der Waals surface area contributed by atoms with Crippen LogP contribution >= 0.6 is 11.6 Å². The van der Waals surface area contributed by atoms with E-state index in [9.17, 15) is 5.11 Å².